The Hall–Kier alpha value is -1.14. The van der Waals surface area contributed by atoms with Crippen LogP contribution in [0.4, 0.5) is 0 Å². The van der Waals surface area contributed by atoms with Crippen LogP contribution in [0.2, 0.25) is 0 Å². The Labute approximate surface area is 63.8 Å². The number of aromatic nitrogens is 2. The number of nitrogens with zero attached hydrogens (tertiary/aromatic N) is 2. The Bertz CT molecular complexity index is 243. The summed E-state index contributed by atoms with van der Waals surface area (Å²) in [6, 6.07) is 1.40. The van der Waals surface area contributed by atoms with Crippen LogP contribution in [0.5, 0.6) is 5.88 Å². The van der Waals surface area contributed by atoms with Crippen molar-refractivity contribution >= 4 is 12.6 Å². The lowest BCUT2D eigenvalue weighted by Crippen LogP contribution is -2.30. The van der Waals surface area contributed by atoms with Gasteiger partial charge in [0, 0.05) is 17.7 Å². The molecule has 6 heteroatoms. The van der Waals surface area contributed by atoms with Gasteiger partial charge in [-0.05, 0) is 0 Å². The maximum absolute atomic E-state index is 8.68. The summed E-state index contributed by atoms with van der Waals surface area (Å²) in [5.41, 5.74) is 0.261. The van der Waals surface area contributed by atoms with Crippen molar-refractivity contribution in [2.75, 3.05) is 7.11 Å². The molecule has 0 aliphatic carbocycles. The van der Waals surface area contributed by atoms with Gasteiger partial charge in [0.05, 0.1) is 7.11 Å². The molecule has 1 rings (SSSR count). The highest BCUT2D eigenvalue weighted by molar-refractivity contribution is 6.58. The number of hydrogen-bond donors (Lipinski definition) is 2. The van der Waals surface area contributed by atoms with Crippen LogP contribution in [0.15, 0.2) is 12.3 Å². The normalized spacial score (nSPS) is 9.36. The molecule has 0 saturated carbocycles. The first-order valence-electron chi connectivity index (χ1n) is 2.97. The van der Waals surface area contributed by atoms with E-state index in [0.717, 1.165) is 0 Å². The highest BCUT2D eigenvalue weighted by atomic mass is 16.5. The Kier molecular flexibility index (Phi) is 2.40. The zero-order valence-electron chi connectivity index (χ0n) is 5.93. The summed E-state index contributed by atoms with van der Waals surface area (Å²) >= 11 is 0. The molecule has 11 heavy (non-hydrogen) atoms. The van der Waals surface area contributed by atoms with Crippen LogP contribution in [0, 0.1) is 0 Å². The predicted molar refractivity (Wildman–Crippen MR) is 38.4 cm³/mol. The third kappa shape index (κ3) is 1.89. The number of ether oxygens (including phenoxy) is 1. The summed E-state index contributed by atoms with van der Waals surface area (Å²) < 4.78 is 4.71. The van der Waals surface area contributed by atoms with Gasteiger partial charge >= 0.3 is 7.12 Å². The van der Waals surface area contributed by atoms with Crippen molar-refractivity contribution in [1.82, 2.24) is 10.2 Å². The minimum Gasteiger partial charge on any atom is -0.480 e. The second kappa shape index (κ2) is 3.31. The van der Waals surface area contributed by atoms with Gasteiger partial charge in [0.2, 0.25) is 5.88 Å². The lowest BCUT2D eigenvalue weighted by Gasteiger charge is -1.99. The molecule has 0 atom stereocenters. The number of rotatable bonds is 2. The summed E-state index contributed by atoms with van der Waals surface area (Å²) in [6.07, 6.45) is 1.26. The Morgan fingerprint density at radius 3 is 2.82 bits per heavy atom. The molecule has 0 fully saturated rings. The topological polar surface area (TPSA) is 75.5 Å². The van der Waals surface area contributed by atoms with Gasteiger partial charge in [-0.2, -0.15) is 5.10 Å². The van der Waals surface area contributed by atoms with E-state index in [0.29, 0.717) is 0 Å². The van der Waals surface area contributed by atoms with Crippen molar-refractivity contribution in [2.24, 2.45) is 0 Å². The van der Waals surface area contributed by atoms with Crippen LogP contribution in [-0.2, 0) is 0 Å². The molecular formula is C5H7BN2O3. The first-order valence-corrected chi connectivity index (χ1v) is 2.97. The summed E-state index contributed by atoms with van der Waals surface area (Å²) in [6.45, 7) is 0. The van der Waals surface area contributed by atoms with E-state index < -0.39 is 7.12 Å². The molecule has 0 spiro atoms. The first-order chi connectivity index (χ1) is 5.24. The minimum absolute atomic E-state index is 0.260. The van der Waals surface area contributed by atoms with Gasteiger partial charge in [0.1, 0.15) is 0 Å². The average molecular weight is 154 g/mol. The van der Waals surface area contributed by atoms with Crippen molar-refractivity contribution in [3.8, 4) is 5.88 Å². The van der Waals surface area contributed by atoms with Crippen LogP contribution in [-0.4, -0.2) is 34.5 Å². The average Bonchev–Trinajstić information content (AvgIpc) is 2.05. The molecule has 1 aromatic heterocycles. The van der Waals surface area contributed by atoms with Crippen LogP contribution in [0.3, 0.4) is 0 Å². The molecule has 58 valence electrons. The third-order valence-corrected chi connectivity index (χ3v) is 1.16. The molecule has 2 N–H and O–H groups in total. The molecule has 0 radical (unpaired) electrons. The van der Waals surface area contributed by atoms with Crippen LogP contribution in [0.1, 0.15) is 0 Å². The molecule has 5 nitrogen and oxygen atoms in total. The van der Waals surface area contributed by atoms with Crippen molar-refractivity contribution in [2.45, 2.75) is 0 Å². The summed E-state index contributed by atoms with van der Waals surface area (Å²) in [4.78, 5) is 0. The van der Waals surface area contributed by atoms with E-state index in [1.165, 1.54) is 19.4 Å². The van der Waals surface area contributed by atoms with Gasteiger partial charge in [-0.1, -0.05) is 0 Å². The predicted octanol–water partition coefficient (Wildman–Crippen LogP) is -1.84. The number of methoxy groups -OCH3 is 1. The van der Waals surface area contributed by atoms with Gasteiger partial charge in [0.25, 0.3) is 0 Å². The largest absolute Gasteiger partial charge is 0.490 e. The smallest absolute Gasteiger partial charge is 0.480 e. The van der Waals surface area contributed by atoms with Crippen molar-refractivity contribution < 1.29 is 14.8 Å². The fraction of sp³-hybridized carbons (Fsp3) is 0.200. The summed E-state index contributed by atoms with van der Waals surface area (Å²) in [5.74, 6) is 0.260. The van der Waals surface area contributed by atoms with Gasteiger partial charge in [-0.25, -0.2) is 0 Å². The minimum atomic E-state index is -1.53. The van der Waals surface area contributed by atoms with Crippen molar-refractivity contribution in [3.63, 3.8) is 0 Å². The van der Waals surface area contributed by atoms with E-state index >= 15 is 0 Å². The highest BCUT2D eigenvalue weighted by Gasteiger charge is 2.11. The van der Waals surface area contributed by atoms with E-state index in [2.05, 4.69) is 10.2 Å². The highest BCUT2D eigenvalue weighted by Crippen LogP contribution is 1.97. The maximum atomic E-state index is 8.68. The summed E-state index contributed by atoms with van der Waals surface area (Å²) in [5, 5.41) is 24.4. The maximum Gasteiger partial charge on any atom is 0.490 e. The van der Waals surface area contributed by atoms with E-state index in [4.69, 9.17) is 14.8 Å². The van der Waals surface area contributed by atoms with E-state index in [1.54, 1.807) is 0 Å². The van der Waals surface area contributed by atoms with Crippen LogP contribution in [0.25, 0.3) is 0 Å². The second-order valence-corrected chi connectivity index (χ2v) is 1.90. The van der Waals surface area contributed by atoms with Gasteiger partial charge < -0.3 is 14.8 Å². The van der Waals surface area contributed by atoms with Crippen molar-refractivity contribution in [1.29, 1.82) is 0 Å². The van der Waals surface area contributed by atoms with E-state index in [-0.39, 0.29) is 11.3 Å². The first kappa shape index (κ1) is 7.97. The summed E-state index contributed by atoms with van der Waals surface area (Å²) in [7, 11) is -0.100. The fourth-order valence-corrected chi connectivity index (χ4v) is 0.602. The van der Waals surface area contributed by atoms with E-state index in [1.807, 2.05) is 0 Å². The molecule has 0 aliphatic rings. The van der Waals surface area contributed by atoms with Crippen molar-refractivity contribution in [3.05, 3.63) is 12.3 Å². The molecule has 0 bridgehead atoms. The SMILES string of the molecule is COc1cc(B(O)O)cnn1. The molecule has 1 aromatic rings. The van der Waals surface area contributed by atoms with Gasteiger partial charge in [0.15, 0.2) is 0 Å². The lowest BCUT2D eigenvalue weighted by molar-refractivity contribution is 0.390. The zero-order valence-corrected chi connectivity index (χ0v) is 5.93. The van der Waals surface area contributed by atoms with Crippen LogP contribution < -0.4 is 10.2 Å². The fourth-order valence-electron chi connectivity index (χ4n) is 0.602. The second-order valence-electron chi connectivity index (χ2n) is 1.90. The quantitative estimate of drug-likeness (QED) is 0.489. The molecular weight excluding hydrogens is 147 g/mol. The molecule has 1 heterocycles. The Morgan fingerprint density at radius 1 is 1.55 bits per heavy atom. The molecule has 0 aliphatic heterocycles. The molecule has 0 saturated heterocycles. The Balaban J connectivity index is 2.91. The monoisotopic (exact) mass is 154 g/mol. The zero-order chi connectivity index (χ0) is 8.27. The van der Waals surface area contributed by atoms with Gasteiger partial charge in [-0.15, -0.1) is 5.10 Å². The molecule has 0 amide bonds. The number of hydrogen-bond acceptors (Lipinski definition) is 5. The molecule has 0 unspecified atom stereocenters. The van der Waals surface area contributed by atoms with Gasteiger partial charge in [-0.3, -0.25) is 0 Å². The molecule has 0 aromatic carbocycles. The lowest BCUT2D eigenvalue weighted by atomic mass is 9.82. The third-order valence-electron chi connectivity index (χ3n) is 1.16. The standard InChI is InChI=1S/C5H7BN2O3/c1-11-5-2-4(6(9)10)3-7-8-5/h2-3,9-10H,1H3. The van der Waals surface area contributed by atoms with Crippen LogP contribution >= 0.6 is 0 Å². The van der Waals surface area contributed by atoms with E-state index in [9.17, 15) is 0 Å². The Morgan fingerprint density at radius 2 is 2.27 bits per heavy atom.